The number of rotatable bonds is 2. The van der Waals surface area contributed by atoms with Crippen LogP contribution >= 0.6 is 0 Å². The standard InChI is InChI=1S/C19H22O4/c1-11-8-12(2)10-13(9-11)23-16(22)19-7-6-18(5,17(19,3)4)14(20)15(19)21/h8-10H,6-7H2,1-5H3. The molecule has 1 aromatic rings. The topological polar surface area (TPSA) is 60.4 Å². The van der Waals surface area contributed by atoms with Gasteiger partial charge in [-0.2, -0.15) is 0 Å². The Balaban J connectivity index is 2.02. The average molecular weight is 314 g/mol. The number of ether oxygens (including phenoxy) is 1. The SMILES string of the molecule is Cc1cc(C)cc(OC(=O)C23CCC(C)(C(=O)C2=O)C3(C)C)c1. The summed E-state index contributed by atoms with van der Waals surface area (Å²) in [5.74, 6) is -1.16. The molecule has 2 unspecified atom stereocenters. The minimum Gasteiger partial charge on any atom is -0.426 e. The number of ketones is 2. The molecule has 2 aliphatic rings. The van der Waals surface area contributed by atoms with Crippen LogP contribution in [0.2, 0.25) is 0 Å². The molecule has 122 valence electrons. The quantitative estimate of drug-likeness (QED) is 0.364. The lowest BCUT2D eigenvalue weighted by molar-refractivity contribution is -0.157. The Morgan fingerprint density at radius 2 is 1.52 bits per heavy atom. The summed E-state index contributed by atoms with van der Waals surface area (Å²) >= 11 is 0. The summed E-state index contributed by atoms with van der Waals surface area (Å²) in [4.78, 5) is 38.0. The summed E-state index contributed by atoms with van der Waals surface area (Å²) in [6, 6.07) is 5.52. The molecule has 2 saturated carbocycles. The molecule has 0 saturated heterocycles. The number of aryl methyl sites for hydroxylation is 2. The molecule has 1 aromatic carbocycles. The Morgan fingerprint density at radius 3 is 2.00 bits per heavy atom. The number of esters is 1. The number of Topliss-reactive ketones (excluding diaryl/α,β-unsaturated/α-hetero) is 2. The van der Waals surface area contributed by atoms with E-state index in [2.05, 4.69) is 0 Å². The lowest BCUT2D eigenvalue weighted by Gasteiger charge is -2.36. The van der Waals surface area contributed by atoms with E-state index in [1.54, 1.807) is 19.1 Å². The van der Waals surface area contributed by atoms with Crippen molar-refractivity contribution < 1.29 is 19.1 Å². The molecule has 0 radical (unpaired) electrons. The van der Waals surface area contributed by atoms with Gasteiger partial charge in [-0.15, -0.1) is 0 Å². The minimum atomic E-state index is -1.35. The number of hydrogen-bond acceptors (Lipinski definition) is 4. The van der Waals surface area contributed by atoms with Crippen molar-refractivity contribution in [3.8, 4) is 5.75 Å². The van der Waals surface area contributed by atoms with E-state index in [0.29, 0.717) is 18.6 Å². The van der Waals surface area contributed by atoms with Crippen LogP contribution in [0.5, 0.6) is 5.75 Å². The molecule has 4 heteroatoms. The molecular formula is C19H22O4. The molecule has 0 aliphatic heterocycles. The van der Waals surface area contributed by atoms with Crippen LogP contribution in [-0.4, -0.2) is 17.5 Å². The van der Waals surface area contributed by atoms with Crippen molar-refractivity contribution in [2.24, 2.45) is 16.2 Å². The van der Waals surface area contributed by atoms with Crippen LogP contribution in [0.4, 0.5) is 0 Å². The highest BCUT2D eigenvalue weighted by Gasteiger charge is 2.78. The molecule has 3 rings (SSSR count). The molecule has 0 heterocycles. The molecule has 0 spiro atoms. The summed E-state index contributed by atoms with van der Waals surface area (Å²) in [7, 11) is 0. The molecule has 23 heavy (non-hydrogen) atoms. The smallest absolute Gasteiger partial charge is 0.326 e. The third-order valence-electron chi connectivity index (χ3n) is 6.30. The molecule has 4 nitrogen and oxygen atoms in total. The molecular weight excluding hydrogens is 292 g/mol. The summed E-state index contributed by atoms with van der Waals surface area (Å²) < 4.78 is 5.57. The van der Waals surface area contributed by atoms with Crippen LogP contribution in [-0.2, 0) is 14.4 Å². The van der Waals surface area contributed by atoms with E-state index in [9.17, 15) is 14.4 Å². The fourth-order valence-corrected chi connectivity index (χ4v) is 4.41. The third kappa shape index (κ3) is 1.75. The van der Waals surface area contributed by atoms with E-state index in [-0.39, 0.29) is 0 Å². The van der Waals surface area contributed by atoms with Gasteiger partial charge in [0.2, 0.25) is 11.6 Å². The van der Waals surface area contributed by atoms with Gasteiger partial charge in [-0.05, 0) is 49.9 Å². The molecule has 2 fully saturated rings. The van der Waals surface area contributed by atoms with Gasteiger partial charge in [0, 0.05) is 10.8 Å². The van der Waals surface area contributed by atoms with Crippen LogP contribution < -0.4 is 4.74 Å². The Bertz CT molecular complexity index is 725. The van der Waals surface area contributed by atoms with Crippen molar-refractivity contribution in [3.05, 3.63) is 29.3 Å². The Labute approximate surface area is 136 Å². The van der Waals surface area contributed by atoms with E-state index in [1.165, 1.54) is 0 Å². The molecule has 2 aliphatic carbocycles. The Morgan fingerprint density at radius 1 is 0.957 bits per heavy atom. The van der Waals surface area contributed by atoms with Crippen LogP contribution in [0.15, 0.2) is 18.2 Å². The van der Waals surface area contributed by atoms with E-state index >= 15 is 0 Å². The van der Waals surface area contributed by atoms with Gasteiger partial charge in [-0.25, -0.2) is 0 Å². The maximum Gasteiger partial charge on any atom is 0.326 e. The number of hydrogen-bond donors (Lipinski definition) is 0. The number of carbonyl (C=O) groups excluding carboxylic acids is 3. The first-order valence-electron chi connectivity index (χ1n) is 7.96. The summed E-state index contributed by atoms with van der Waals surface area (Å²) in [6.45, 7) is 9.32. The largest absolute Gasteiger partial charge is 0.426 e. The Hall–Kier alpha value is -1.97. The van der Waals surface area contributed by atoms with E-state index in [4.69, 9.17) is 4.74 Å². The lowest BCUT2D eigenvalue weighted by atomic mass is 9.65. The normalized spacial score (nSPS) is 31.5. The highest BCUT2D eigenvalue weighted by Crippen LogP contribution is 2.69. The predicted octanol–water partition coefficient (Wildman–Crippen LogP) is 3.17. The van der Waals surface area contributed by atoms with Gasteiger partial charge in [0.05, 0.1) is 0 Å². The van der Waals surface area contributed by atoms with Crippen molar-refractivity contribution in [2.45, 2.75) is 47.5 Å². The maximum atomic E-state index is 12.9. The van der Waals surface area contributed by atoms with Crippen molar-refractivity contribution in [1.29, 1.82) is 0 Å². The van der Waals surface area contributed by atoms with E-state index < -0.39 is 33.8 Å². The summed E-state index contributed by atoms with van der Waals surface area (Å²) in [6.07, 6.45) is 0.928. The van der Waals surface area contributed by atoms with Gasteiger partial charge < -0.3 is 4.74 Å². The number of carbonyl (C=O) groups is 3. The summed E-state index contributed by atoms with van der Waals surface area (Å²) in [5, 5.41) is 0. The van der Waals surface area contributed by atoms with Gasteiger partial charge in [0.1, 0.15) is 11.2 Å². The van der Waals surface area contributed by atoms with Crippen LogP contribution in [0.1, 0.15) is 44.7 Å². The van der Waals surface area contributed by atoms with Crippen molar-refractivity contribution in [2.75, 3.05) is 0 Å². The highest BCUT2D eigenvalue weighted by molar-refractivity contribution is 6.48. The fourth-order valence-electron chi connectivity index (χ4n) is 4.41. The van der Waals surface area contributed by atoms with Gasteiger partial charge in [0.25, 0.3) is 0 Å². The Kier molecular flexibility index (Phi) is 3.13. The monoisotopic (exact) mass is 314 g/mol. The van der Waals surface area contributed by atoms with E-state index in [0.717, 1.165) is 11.1 Å². The minimum absolute atomic E-state index is 0.380. The molecule has 0 amide bonds. The van der Waals surface area contributed by atoms with Gasteiger partial charge in [-0.3, -0.25) is 14.4 Å². The second-order valence-corrected chi connectivity index (χ2v) is 7.73. The fraction of sp³-hybridized carbons (Fsp3) is 0.526. The third-order valence-corrected chi connectivity index (χ3v) is 6.30. The predicted molar refractivity (Wildman–Crippen MR) is 85.1 cm³/mol. The first-order chi connectivity index (χ1) is 10.6. The highest BCUT2D eigenvalue weighted by atomic mass is 16.5. The first-order valence-corrected chi connectivity index (χ1v) is 7.96. The number of benzene rings is 1. The lowest BCUT2D eigenvalue weighted by Crippen LogP contribution is -2.47. The van der Waals surface area contributed by atoms with Crippen molar-refractivity contribution >= 4 is 17.5 Å². The zero-order chi connectivity index (χ0) is 17.2. The molecule has 2 bridgehead atoms. The van der Waals surface area contributed by atoms with Crippen LogP contribution in [0, 0.1) is 30.1 Å². The summed E-state index contributed by atoms with van der Waals surface area (Å²) in [5.41, 5.74) is -0.893. The van der Waals surface area contributed by atoms with Gasteiger partial charge >= 0.3 is 5.97 Å². The maximum absolute atomic E-state index is 12.9. The average Bonchev–Trinajstić information content (AvgIpc) is 2.70. The van der Waals surface area contributed by atoms with Crippen LogP contribution in [0.3, 0.4) is 0 Å². The van der Waals surface area contributed by atoms with Gasteiger partial charge in [0.15, 0.2) is 0 Å². The van der Waals surface area contributed by atoms with Gasteiger partial charge in [-0.1, -0.05) is 26.8 Å². The second kappa shape index (κ2) is 4.53. The number of fused-ring (bicyclic) bond motifs is 2. The molecule has 0 N–H and O–H groups in total. The zero-order valence-electron chi connectivity index (χ0n) is 14.3. The van der Waals surface area contributed by atoms with Crippen molar-refractivity contribution in [1.82, 2.24) is 0 Å². The van der Waals surface area contributed by atoms with Crippen molar-refractivity contribution in [3.63, 3.8) is 0 Å². The second-order valence-electron chi connectivity index (χ2n) is 7.73. The van der Waals surface area contributed by atoms with Crippen LogP contribution in [0.25, 0.3) is 0 Å². The zero-order valence-corrected chi connectivity index (χ0v) is 14.3. The molecule has 0 aromatic heterocycles. The molecule has 2 atom stereocenters. The van der Waals surface area contributed by atoms with E-state index in [1.807, 2.05) is 33.8 Å². The first kappa shape index (κ1) is 15.9.